The van der Waals surface area contributed by atoms with Gasteiger partial charge in [0.05, 0.1) is 6.20 Å². The van der Waals surface area contributed by atoms with E-state index in [1.54, 1.807) is 6.92 Å². The van der Waals surface area contributed by atoms with Crippen molar-refractivity contribution >= 4 is 11.8 Å². The highest BCUT2D eigenvalue weighted by Crippen LogP contribution is 1.99. The third kappa shape index (κ3) is 20.7. The summed E-state index contributed by atoms with van der Waals surface area (Å²) >= 11 is 0. The maximum absolute atomic E-state index is 12.2. The van der Waals surface area contributed by atoms with Crippen LogP contribution in [0.15, 0.2) is 85.3 Å². The molecule has 1 heterocycles. The van der Waals surface area contributed by atoms with Crippen molar-refractivity contribution < 1.29 is 14.3 Å². The molecule has 43 heavy (non-hydrogen) atoms. The van der Waals surface area contributed by atoms with Crippen LogP contribution in [0.2, 0.25) is 0 Å². The molecule has 0 unspecified atom stereocenters. The van der Waals surface area contributed by atoms with Gasteiger partial charge in [0, 0.05) is 33.0 Å². The standard InChI is InChI=1S/C35H53N5O3/c1-4-6-7-8-9-10-11-12-13-14-15-16-17-18-19-20-21-22-23-25-34(41)36-26-24-28-39(5-2)29-27-37-35(42)33-31-40(43)32(3)30-38-33/h6-7,9-10,12-13,15-16,18-19,21-22,30-31H,4-5,8,11,14,17,20,23-29H2,1-3H3,(H,36,41)(H,37,42)/b7-6-,10-9-,13-12-,16-15-,19-18-,22-21-. The lowest BCUT2D eigenvalue weighted by molar-refractivity contribution is -0.613. The van der Waals surface area contributed by atoms with E-state index in [4.69, 9.17) is 0 Å². The number of hydrogen-bond donors (Lipinski definition) is 2. The van der Waals surface area contributed by atoms with Crippen molar-refractivity contribution in [3.63, 3.8) is 0 Å². The Balaban J connectivity index is 2.03. The molecular formula is C35H53N5O3. The molecule has 0 aromatic carbocycles. The Kier molecular flexibility index (Phi) is 22.4. The van der Waals surface area contributed by atoms with Crippen LogP contribution in [0.25, 0.3) is 0 Å². The van der Waals surface area contributed by atoms with E-state index in [-0.39, 0.29) is 17.5 Å². The number of hydrogen-bond acceptors (Lipinski definition) is 5. The molecule has 1 aromatic heterocycles. The van der Waals surface area contributed by atoms with Gasteiger partial charge in [-0.15, -0.1) is 0 Å². The number of carbonyl (C=O) groups is 2. The molecule has 236 valence electrons. The molecule has 0 spiro atoms. The highest BCUT2D eigenvalue weighted by Gasteiger charge is 2.12. The second kappa shape index (κ2) is 25.9. The lowest BCUT2D eigenvalue weighted by Gasteiger charge is -2.20. The molecule has 0 saturated heterocycles. The molecule has 0 fully saturated rings. The lowest BCUT2D eigenvalue weighted by Crippen LogP contribution is -2.38. The molecule has 1 aromatic rings. The molecule has 2 N–H and O–H groups in total. The van der Waals surface area contributed by atoms with Crippen molar-refractivity contribution in [3.8, 4) is 0 Å². The third-order valence-corrected chi connectivity index (χ3v) is 6.48. The average Bonchev–Trinajstić information content (AvgIpc) is 3.00. The first-order chi connectivity index (χ1) is 21.0. The molecule has 2 amide bonds. The Morgan fingerprint density at radius 2 is 1.37 bits per heavy atom. The van der Waals surface area contributed by atoms with Crippen molar-refractivity contribution in [1.29, 1.82) is 0 Å². The molecule has 8 heteroatoms. The van der Waals surface area contributed by atoms with E-state index in [2.05, 4.69) is 107 Å². The zero-order valence-corrected chi connectivity index (χ0v) is 26.5. The number of aromatic nitrogens is 2. The largest absolute Gasteiger partial charge is 0.618 e. The zero-order chi connectivity index (χ0) is 31.4. The normalized spacial score (nSPS) is 12.4. The first-order valence-corrected chi connectivity index (χ1v) is 15.7. The van der Waals surface area contributed by atoms with Gasteiger partial charge in [0.25, 0.3) is 5.91 Å². The van der Waals surface area contributed by atoms with Gasteiger partial charge in [-0.3, -0.25) is 9.59 Å². The molecule has 0 atom stereocenters. The summed E-state index contributed by atoms with van der Waals surface area (Å²) in [5.74, 6) is -0.295. The van der Waals surface area contributed by atoms with Crippen LogP contribution in [0.4, 0.5) is 0 Å². The van der Waals surface area contributed by atoms with E-state index in [9.17, 15) is 14.8 Å². The molecular weight excluding hydrogens is 538 g/mol. The van der Waals surface area contributed by atoms with Crippen molar-refractivity contribution in [1.82, 2.24) is 20.5 Å². The Morgan fingerprint density at radius 3 is 1.91 bits per heavy atom. The second-order valence-electron chi connectivity index (χ2n) is 10.1. The van der Waals surface area contributed by atoms with Crippen LogP contribution >= 0.6 is 0 Å². The second-order valence-corrected chi connectivity index (χ2v) is 10.1. The lowest BCUT2D eigenvalue weighted by atomic mass is 10.2. The van der Waals surface area contributed by atoms with Gasteiger partial charge in [0.2, 0.25) is 17.8 Å². The van der Waals surface area contributed by atoms with Crippen LogP contribution in [0, 0.1) is 12.1 Å². The highest BCUT2D eigenvalue weighted by atomic mass is 16.5. The summed E-state index contributed by atoms with van der Waals surface area (Å²) < 4.78 is 0.637. The quantitative estimate of drug-likeness (QED) is 0.0697. The van der Waals surface area contributed by atoms with Crippen LogP contribution in [0.1, 0.15) is 87.8 Å². The van der Waals surface area contributed by atoms with E-state index >= 15 is 0 Å². The smallest absolute Gasteiger partial charge is 0.276 e. The third-order valence-electron chi connectivity index (χ3n) is 6.48. The van der Waals surface area contributed by atoms with Crippen LogP contribution in [-0.2, 0) is 4.79 Å². The number of amides is 2. The number of rotatable bonds is 23. The average molecular weight is 592 g/mol. The number of aryl methyl sites for hydroxylation is 1. The van der Waals surface area contributed by atoms with Crippen LogP contribution in [0.3, 0.4) is 0 Å². The molecule has 0 aliphatic heterocycles. The maximum atomic E-state index is 12.2. The summed E-state index contributed by atoms with van der Waals surface area (Å²) in [6.07, 6.45) is 36.6. The fourth-order valence-electron chi connectivity index (χ4n) is 3.90. The van der Waals surface area contributed by atoms with Crippen molar-refractivity contribution in [3.05, 3.63) is 102 Å². The predicted molar refractivity (Wildman–Crippen MR) is 177 cm³/mol. The minimum atomic E-state index is -0.361. The van der Waals surface area contributed by atoms with E-state index in [0.717, 1.165) is 64.5 Å². The summed E-state index contributed by atoms with van der Waals surface area (Å²) in [7, 11) is 0. The summed E-state index contributed by atoms with van der Waals surface area (Å²) in [6.45, 7) is 9.28. The maximum Gasteiger partial charge on any atom is 0.276 e. The summed E-state index contributed by atoms with van der Waals surface area (Å²) in [5.41, 5.74) is 0.546. The van der Waals surface area contributed by atoms with Crippen LogP contribution in [-0.4, -0.2) is 54.4 Å². The fourth-order valence-corrected chi connectivity index (χ4v) is 3.90. The molecule has 0 bridgehead atoms. The molecule has 8 nitrogen and oxygen atoms in total. The molecule has 0 aliphatic rings. The van der Waals surface area contributed by atoms with Crippen molar-refractivity contribution in [2.45, 2.75) is 78.6 Å². The molecule has 0 radical (unpaired) electrons. The minimum Gasteiger partial charge on any atom is -0.618 e. The summed E-state index contributed by atoms with van der Waals surface area (Å²) in [5, 5.41) is 17.4. The Hall–Kier alpha value is -3.78. The van der Waals surface area contributed by atoms with Crippen molar-refractivity contribution in [2.75, 3.05) is 32.7 Å². The number of carbonyl (C=O) groups excluding carboxylic acids is 2. The van der Waals surface area contributed by atoms with Gasteiger partial charge in [-0.25, -0.2) is 4.98 Å². The Labute approximate surface area is 259 Å². The molecule has 0 saturated carbocycles. The number of nitrogens with zero attached hydrogens (tertiary/aromatic N) is 3. The number of nitrogens with one attached hydrogen (secondary N) is 2. The predicted octanol–water partition coefficient (Wildman–Crippen LogP) is 6.06. The van der Waals surface area contributed by atoms with Gasteiger partial charge in [-0.05, 0) is 64.5 Å². The van der Waals surface area contributed by atoms with Crippen molar-refractivity contribution in [2.24, 2.45) is 0 Å². The molecule has 0 aliphatic carbocycles. The van der Waals surface area contributed by atoms with Gasteiger partial charge in [-0.2, -0.15) is 4.73 Å². The molecule has 1 rings (SSSR count). The van der Waals surface area contributed by atoms with Crippen LogP contribution in [0.5, 0.6) is 0 Å². The summed E-state index contributed by atoms with van der Waals surface area (Å²) in [6, 6.07) is 0. The van der Waals surface area contributed by atoms with Gasteiger partial charge >= 0.3 is 0 Å². The highest BCUT2D eigenvalue weighted by molar-refractivity contribution is 5.91. The van der Waals surface area contributed by atoms with E-state index < -0.39 is 0 Å². The zero-order valence-electron chi connectivity index (χ0n) is 26.5. The van der Waals surface area contributed by atoms with Crippen LogP contribution < -0.4 is 15.4 Å². The van der Waals surface area contributed by atoms with Gasteiger partial charge < -0.3 is 20.7 Å². The van der Waals surface area contributed by atoms with E-state index in [0.29, 0.717) is 36.5 Å². The van der Waals surface area contributed by atoms with Gasteiger partial charge in [0.1, 0.15) is 0 Å². The first-order valence-electron chi connectivity index (χ1n) is 15.7. The van der Waals surface area contributed by atoms with Gasteiger partial charge in [-0.1, -0.05) is 86.8 Å². The number of likely N-dealkylation sites (N-methyl/N-ethyl adjacent to an activating group) is 1. The Bertz CT molecular complexity index is 1090. The van der Waals surface area contributed by atoms with Gasteiger partial charge in [0.15, 0.2) is 5.69 Å². The topological polar surface area (TPSA) is 101 Å². The van der Waals surface area contributed by atoms with E-state index in [1.165, 1.54) is 12.4 Å². The minimum absolute atomic E-state index is 0.0658. The fraction of sp³-hybridized carbons (Fsp3) is 0.486. The summed E-state index contributed by atoms with van der Waals surface area (Å²) in [4.78, 5) is 30.5. The Morgan fingerprint density at radius 1 is 0.814 bits per heavy atom. The monoisotopic (exact) mass is 591 g/mol. The van der Waals surface area contributed by atoms with E-state index in [1.807, 2.05) is 0 Å². The number of allylic oxidation sites excluding steroid dienone is 12. The first kappa shape index (κ1) is 37.2. The SMILES string of the molecule is CC/C=C\C/C=C\C/C=C\C/C=C\C/C=C\C/C=C\CCC(=O)NCCCN(CC)CCNC(=O)c1c[n+]([O-])c(C)cn1.